The van der Waals surface area contributed by atoms with Gasteiger partial charge in [-0.05, 0) is 74.1 Å². The van der Waals surface area contributed by atoms with Crippen molar-refractivity contribution in [1.29, 1.82) is 0 Å². The Morgan fingerprint density at radius 1 is 0.933 bits per heavy atom. The van der Waals surface area contributed by atoms with Crippen molar-refractivity contribution in [3.05, 3.63) is 84.8 Å². The van der Waals surface area contributed by atoms with E-state index in [2.05, 4.69) is 72.8 Å². The van der Waals surface area contributed by atoms with E-state index in [-0.39, 0.29) is 30.0 Å². The molecule has 9 heteroatoms. The van der Waals surface area contributed by atoms with Crippen molar-refractivity contribution in [3.63, 3.8) is 0 Å². The quantitative estimate of drug-likeness (QED) is 0.244. The van der Waals surface area contributed by atoms with E-state index in [1.165, 1.54) is 19.8 Å². The Hall–Kier alpha value is -4.79. The van der Waals surface area contributed by atoms with E-state index in [4.69, 9.17) is 9.47 Å². The molecule has 0 amide bonds. The van der Waals surface area contributed by atoms with Crippen LogP contribution < -0.4 is 16.0 Å². The summed E-state index contributed by atoms with van der Waals surface area (Å²) in [5.41, 5.74) is 11.2. The number of rotatable bonds is 6. The van der Waals surface area contributed by atoms with E-state index in [0.29, 0.717) is 23.3 Å². The molecule has 5 heterocycles. The van der Waals surface area contributed by atoms with Gasteiger partial charge in [0.15, 0.2) is 5.78 Å². The number of Topliss-reactive ketones (excluding diaryl/α,β-unsaturated/α-hetero) is 1. The lowest BCUT2D eigenvalue weighted by Gasteiger charge is -2.19. The number of nitrogens with one attached hydrogen (secondary N) is 4. The molecule has 1 aliphatic carbocycles. The Bertz CT molecular complexity index is 1980. The van der Waals surface area contributed by atoms with Crippen LogP contribution in [0, 0.1) is 38.5 Å². The number of H-pyrrole nitrogens is 3. The van der Waals surface area contributed by atoms with E-state index in [1.807, 2.05) is 13.0 Å². The minimum atomic E-state index is -1.12. The Balaban J connectivity index is 1.72. The van der Waals surface area contributed by atoms with Gasteiger partial charge in [-0.25, -0.2) is 0 Å². The first kappa shape index (κ1) is 30.2. The Morgan fingerprint density at radius 2 is 1.64 bits per heavy atom. The zero-order valence-electron chi connectivity index (χ0n) is 26.9. The van der Waals surface area contributed by atoms with Gasteiger partial charge in [-0.2, -0.15) is 0 Å². The number of fused-ring (bicyclic) bond motifs is 7. The van der Waals surface area contributed by atoms with Crippen molar-refractivity contribution in [2.24, 2.45) is 17.8 Å². The van der Waals surface area contributed by atoms with Crippen LogP contribution in [0.25, 0.3) is 29.9 Å². The maximum atomic E-state index is 14.1. The van der Waals surface area contributed by atoms with Crippen molar-refractivity contribution in [2.45, 2.75) is 53.9 Å². The van der Waals surface area contributed by atoms with Crippen LogP contribution in [0.15, 0.2) is 18.0 Å². The molecule has 0 spiro atoms. The Kier molecular flexibility index (Phi) is 7.59. The van der Waals surface area contributed by atoms with Gasteiger partial charge in [0, 0.05) is 74.1 Å². The van der Waals surface area contributed by atoms with Crippen LogP contribution in [0.3, 0.4) is 0 Å². The molecule has 0 unspecified atom stereocenters. The molecule has 0 aromatic carbocycles. The molecule has 8 bridgehead atoms. The molecule has 1 fully saturated rings. The number of ether oxygens (including phenoxy) is 2. The molecular formula is C36H40N4O5. The zero-order chi connectivity index (χ0) is 32.3. The number of carbonyl (C=O) groups excluding carboxylic acids is 3. The van der Waals surface area contributed by atoms with Gasteiger partial charge in [0.25, 0.3) is 0 Å². The summed E-state index contributed by atoms with van der Waals surface area (Å²) < 4.78 is 10.2. The molecule has 6 rings (SSSR count). The average molecular weight is 609 g/mol. The lowest BCUT2D eigenvalue weighted by Crippen LogP contribution is -2.25. The minimum absolute atomic E-state index is 0.0606. The SMILES string of the molecule is C=Cc1c2[nH]c(c1C)/C=C1\N/C(=C3\c4[nH]c(c(C)c4C(=O)[C@@H]3C(=O)OC)/C=c3\[nH]/c(c(C)c3CC)=C\2)[C@@H](CCC(=O)OC)[C@@H]1C. The molecule has 234 valence electrons. The topological polar surface area (TPSA) is 129 Å². The van der Waals surface area contributed by atoms with Gasteiger partial charge in [-0.15, -0.1) is 0 Å². The lowest BCUT2D eigenvalue weighted by molar-refractivity contribution is -0.142. The molecule has 0 radical (unpaired) electrons. The smallest absolute Gasteiger partial charge is 0.321 e. The number of aromatic nitrogens is 3. The highest BCUT2D eigenvalue weighted by Crippen LogP contribution is 2.48. The van der Waals surface area contributed by atoms with Crippen LogP contribution in [-0.2, 0) is 25.5 Å². The summed E-state index contributed by atoms with van der Waals surface area (Å²) in [4.78, 5) is 50.5. The fraction of sp³-hybridized carbons (Fsp3) is 0.361. The maximum absolute atomic E-state index is 14.1. The van der Waals surface area contributed by atoms with Crippen LogP contribution in [-0.4, -0.2) is 46.9 Å². The van der Waals surface area contributed by atoms with Gasteiger partial charge in [0.1, 0.15) is 5.92 Å². The summed E-state index contributed by atoms with van der Waals surface area (Å²) in [6.45, 7) is 14.4. The van der Waals surface area contributed by atoms with E-state index >= 15 is 0 Å². The highest BCUT2D eigenvalue weighted by molar-refractivity contribution is 6.24. The van der Waals surface area contributed by atoms with Crippen LogP contribution in [0.4, 0.5) is 0 Å². The number of carbonyl (C=O) groups is 3. The van der Waals surface area contributed by atoms with Crippen LogP contribution >= 0.6 is 0 Å². The molecule has 4 N–H and O–H groups in total. The van der Waals surface area contributed by atoms with Gasteiger partial charge in [-0.1, -0.05) is 26.5 Å². The summed E-state index contributed by atoms with van der Waals surface area (Å²) >= 11 is 0. The fourth-order valence-corrected chi connectivity index (χ4v) is 7.37. The summed E-state index contributed by atoms with van der Waals surface area (Å²) in [6.07, 6.45) is 9.62. The molecule has 0 saturated carbocycles. The van der Waals surface area contributed by atoms with Gasteiger partial charge >= 0.3 is 11.9 Å². The highest BCUT2D eigenvalue weighted by Gasteiger charge is 2.48. The van der Waals surface area contributed by atoms with Gasteiger partial charge < -0.3 is 29.7 Å². The highest BCUT2D eigenvalue weighted by atomic mass is 16.5. The van der Waals surface area contributed by atoms with Gasteiger partial charge in [0.2, 0.25) is 0 Å². The molecule has 3 aliphatic rings. The summed E-state index contributed by atoms with van der Waals surface area (Å²) in [5.74, 6) is -2.59. The number of aromatic amines is 3. The summed E-state index contributed by atoms with van der Waals surface area (Å²) in [5, 5.41) is 5.57. The van der Waals surface area contributed by atoms with Gasteiger partial charge in [-0.3, -0.25) is 14.4 Å². The van der Waals surface area contributed by atoms with Crippen LogP contribution in [0.1, 0.15) is 87.6 Å². The van der Waals surface area contributed by atoms with E-state index in [1.54, 1.807) is 0 Å². The normalized spacial score (nSPS) is 24.2. The number of ketones is 1. The number of hydrogen-bond acceptors (Lipinski definition) is 6. The monoisotopic (exact) mass is 608 g/mol. The number of allylic oxidation sites excluding steroid dienone is 2. The van der Waals surface area contributed by atoms with Gasteiger partial charge in [0.05, 0.1) is 19.9 Å². The van der Waals surface area contributed by atoms with Crippen molar-refractivity contribution in [1.82, 2.24) is 20.3 Å². The molecule has 9 nitrogen and oxygen atoms in total. The standard InChI is InChI=1S/C36H40N4O5/c1-9-20-16(3)23-13-25-18(5)22(11-12-29(41)44-7)33(39-25)31-32(36(43)45-8)35(42)30-19(6)26(40-34(30)31)15-28-21(10-2)17(4)24(38-28)14-27(20)37-23/h9,13-15,18,22,32,37-40H,1,10-12H2,2-8H3/b24-14-,25-13-,28-15-,33-31-/t18-,22-,32+/m0/s1. The maximum Gasteiger partial charge on any atom is 0.321 e. The second-order valence-corrected chi connectivity index (χ2v) is 12.2. The third kappa shape index (κ3) is 4.64. The predicted molar refractivity (Wildman–Crippen MR) is 174 cm³/mol. The number of hydrogen-bond donors (Lipinski definition) is 4. The molecule has 2 aliphatic heterocycles. The molecule has 1 saturated heterocycles. The van der Waals surface area contributed by atoms with Crippen LogP contribution in [0.5, 0.6) is 0 Å². The molecule has 45 heavy (non-hydrogen) atoms. The van der Waals surface area contributed by atoms with Crippen molar-refractivity contribution in [2.75, 3.05) is 14.2 Å². The largest absolute Gasteiger partial charge is 0.469 e. The average Bonchev–Trinajstić information content (AvgIpc) is 3.76. The third-order valence-corrected chi connectivity index (χ3v) is 9.97. The summed E-state index contributed by atoms with van der Waals surface area (Å²) in [6, 6.07) is 0. The van der Waals surface area contributed by atoms with E-state index < -0.39 is 11.9 Å². The molecule has 3 atom stereocenters. The molecule has 3 aromatic heterocycles. The second kappa shape index (κ2) is 11.3. The molecule has 3 aromatic rings. The second-order valence-electron chi connectivity index (χ2n) is 12.2. The van der Waals surface area contributed by atoms with Crippen molar-refractivity contribution >= 4 is 47.6 Å². The Labute approximate surface area is 262 Å². The Morgan fingerprint density at radius 3 is 2.31 bits per heavy atom. The first-order valence-electron chi connectivity index (χ1n) is 15.4. The van der Waals surface area contributed by atoms with Crippen molar-refractivity contribution < 1.29 is 23.9 Å². The number of esters is 2. The fourth-order valence-electron chi connectivity index (χ4n) is 7.37. The van der Waals surface area contributed by atoms with E-state index in [0.717, 1.165) is 67.8 Å². The van der Waals surface area contributed by atoms with Crippen LogP contribution in [0.2, 0.25) is 0 Å². The lowest BCUT2D eigenvalue weighted by atomic mass is 9.85. The third-order valence-electron chi connectivity index (χ3n) is 9.97. The van der Waals surface area contributed by atoms with Crippen molar-refractivity contribution in [3.8, 4) is 0 Å². The van der Waals surface area contributed by atoms with E-state index in [9.17, 15) is 14.4 Å². The minimum Gasteiger partial charge on any atom is -0.469 e. The zero-order valence-corrected chi connectivity index (χ0v) is 26.9. The predicted octanol–water partition coefficient (Wildman–Crippen LogP) is 4.32. The first-order valence-corrected chi connectivity index (χ1v) is 15.4. The number of methoxy groups -OCH3 is 2. The summed E-state index contributed by atoms with van der Waals surface area (Å²) in [7, 11) is 2.68. The first-order chi connectivity index (χ1) is 21.5. The molecular weight excluding hydrogens is 568 g/mol.